The number of nitrogens with one attached hydrogen (secondary N) is 2. The number of aromatic nitrogens is 1. The zero-order chi connectivity index (χ0) is 36.1. The van der Waals surface area contributed by atoms with E-state index in [0.717, 1.165) is 0 Å². The fraction of sp³-hybridized carbons (Fsp3) is 0.794. The summed E-state index contributed by atoms with van der Waals surface area (Å²) in [7, 11) is 1.56. The molecule has 0 aliphatic carbocycles. The minimum absolute atomic E-state index is 0.159. The molecule has 3 heterocycles. The summed E-state index contributed by atoms with van der Waals surface area (Å²) in [4.78, 5) is 31.9. The van der Waals surface area contributed by atoms with E-state index < -0.39 is 90.0 Å². The molecule has 274 valence electrons. The molecule has 48 heavy (non-hydrogen) atoms. The highest BCUT2D eigenvalue weighted by atomic mass is 16.7. The fourth-order valence-electron chi connectivity index (χ4n) is 7.03. The van der Waals surface area contributed by atoms with Crippen molar-refractivity contribution in [3.8, 4) is 0 Å². The van der Waals surface area contributed by atoms with E-state index in [-0.39, 0.29) is 18.8 Å². The van der Waals surface area contributed by atoms with Crippen LogP contribution < -0.4 is 10.6 Å². The largest absolute Gasteiger partial charge is 0.459 e. The lowest BCUT2D eigenvalue weighted by molar-refractivity contribution is -0.298. The Bertz CT molecular complexity index is 1190. The van der Waals surface area contributed by atoms with Gasteiger partial charge in [-0.25, -0.2) is 4.79 Å². The average Bonchev–Trinajstić information content (AvgIpc) is 3.03. The van der Waals surface area contributed by atoms with Crippen molar-refractivity contribution in [3.05, 3.63) is 24.5 Å². The van der Waals surface area contributed by atoms with Crippen LogP contribution in [-0.2, 0) is 19.0 Å². The van der Waals surface area contributed by atoms with Gasteiger partial charge >= 0.3 is 12.0 Å². The minimum Gasteiger partial charge on any atom is -0.459 e. The van der Waals surface area contributed by atoms with Gasteiger partial charge in [0, 0.05) is 25.2 Å². The number of hydrogen-bond acceptors (Lipinski definition) is 12. The van der Waals surface area contributed by atoms with E-state index in [2.05, 4.69) is 15.6 Å². The Morgan fingerprint density at radius 3 is 2.42 bits per heavy atom. The lowest BCUT2D eigenvalue weighted by Gasteiger charge is -2.47. The van der Waals surface area contributed by atoms with Gasteiger partial charge in [-0.2, -0.15) is 0 Å². The van der Waals surface area contributed by atoms with E-state index in [1.54, 1.807) is 60.0 Å². The number of cyclic esters (lactones) is 1. The van der Waals surface area contributed by atoms with Gasteiger partial charge in [-0.15, -0.1) is 0 Å². The highest BCUT2D eigenvalue weighted by Crippen LogP contribution is 2.36. The number of carbonyl (C=O) groups excluding carboxylic acids is 2. The molecule has 0 aromatic carbocycles. The molecule has 14 atom stereocenters. The third-order valence-corrected chi connectivity index (χ3v) is 10.0. The number of carbonyl (C=O) groups is 2. The molecule has 2 amide bonds. The monoisotopic (exact) mass is 682 g/mol. The average molecular weight is 683 g/mol. The second kappa shape index (κ2) is 16.5. The van der Waals surface area contributed by atoms with Crippen molar-refractivity contribution in [2.45, 2.75) is 141 Å². The molecule has 0 spiro atoms. The highest BCUT2D eigenvalue weighted by molar-refractivity contribution is 5.89. The predicted molar refractivity (Wildman–Crippen MR) is 178 cm³/mol. The molecule has 3 rings (SSSR count). The summed E-state index contributed by atoms with van der Waals surface area (Å²) >= 11 is 0. The van der Waals surface area contributed by atoms with Crippen LogP contribution in [-0.4, -0.2) is 127 Å². The molecule has 0 radical (unpaired) electrons. The quantitative estimate of drug-likeness (QED) is 0.222. The van der Waals surface area contributed by atoms with Crippen LogP contribution in [0.15, 0.2) is 24.5 Å². The Kier molecular flexibility index (Phi) is 13.8. The molecule has 2 fully saturated rings. The maximum atomic E-state index is 13.4. The summed E-state index contributed by atoms with van der Waals surface area (Å²) < 4.78 is 18.1. The number of nitrogens with zero attached hydrogens (tertiary/aromatic N) is 2. The molecule has 14 nitrogen and oxygen atoms in total. The van der Waals surface area contributed by atoms with E-state index in [9.17, 15) is 35.1 Å². The number of hydrogen-bond donors (Lipinski definition) is 7. The summed E-state index contributed by atoms with van der Waals surface area (Å²) in [5.74, 6) is -2.99. The number of aliphatic hydroxyl groups excluding tert-OH is 3. The Labute approximate surface area is 284 Å². The van der Waals surface area contributed by atoms with E-state index in [1.165, 1.54) is 24.9 Å². The van der Waals surface area contributed by atoms with E-state index in [1.807, 2.05) is 6.92 Å². The molecule has 0 saturated carbocycles. The van der Waals surface area contributed by atoms with Crippen molar-refractivity contribution in [2.75, 3.05) is 18.9 Å². The lowest BCUT2D eigenvalue weighted by atomic mass is 9.78. The maximum absolute atomic E-state index is 13.4. The zero-order valence-electron chi connectivity index (χ0n) is 29.7. The molecule has 2 saturated heterocycles. The number of aliphatic hydroxyl groups is 5. The van der Waals surface area contributed by atoms with Gasteiger partial charge in [-0.3, -0.25) is 9.78 Å². The number of pyridine rings is 1. The summed E-state index contributed by atoms with van der Waals surface area (Å²) in [5, 5.41) is 63.4. The van der Waals surface area contributed by atoms with Gasteiger partial charge in [0.25, 0.3) is 0 Å². The van der Waals surface area contributed by atoms with Crippen molar-refractivity contribution >= 4 is 17.7 Å². The molecular weight excluding hydrogens is 624 g/mol. The summed E-state index contributed by atoms with van der Waals surface area (Å²) in [6, 6.07) is 1.58. The minimum atomic E-state index is -1.79. The van der Waals surface area contributed by atoms with Crippen molar-refractivity contribution in [3.63, 3.8) is 0 Å². The van der Waals surface area contributed by atoms with E-state index >= 15 is 0 Å². The summed E-state index contributed by atoms with van der Waals surface area (Å²) in [6.45, 7) is 13.6. The zero-order valence-corrected chi connectivity index (χ0v) is 29.7. The molecule has 2 aliphatic rings. The Hall–Kier alpha value is -2.43. The first-order chi connectivity index (χ1) is 22.3. The SMILES string of the molecule is CC[C@H]1OC(=O)[C@H](C)[C@@H](O)[C@H](C)[C@@H](O[C@@H]2O[C@H](C)C[C@H](N(C)C(=O)Nc3cccnc3)[C@H]2O)[C@](C)(O)C[C@@H](C)CN[C@H](C)[C@@H](O)[C@]1(C)O. The van der Waals surface area contributed by atoms with Crippen LogP contribution in [0.2, 0.25) is 0 Å². The van der Waals surface area contributed by atoms with Crippen LogP contribution in [0.25, 0.3) is 0 Å². The molecule has 1 aromatic heterocycles. The van der Waals surface area contributed by atoms with Crippen LogP contribution in [0.5, 0.6) is 0 Å². The number of likely N-dealkylation sites (N-methyl/N-ethyl adjacent to an activating group) is 1. The van der Waals surface area contributed by atoms with Crippen LogP contribution in [0.4, 0.5) is 10.5 Å². The van der Waals surface area contributed by atoms with Crippen molar-refractivity contribution in [2.24, 2.45) is 17.8 Å². The topological polar surface area (TPSA) is 203 Å². The number of ether oxygens (including phenoxy) is 3. The summed E-state index contributed by atoms with van der Waals surface area (Å²) in [6.07, 6.45) is -4.24. The maximum Gasteiger partial charge on any atom is 0.321 e. The number of amides is 2. The number of anilines is 1. The molecule has 2 aliphatic heterocycles. The smallest absolute Gasteiger partial charge is 0.321 e. The van der Waals surface area contributed by atoms with Crippen molar-refractivity contribution in [1.29, 1.82) is 0 Å². The Balaban J connectivity index is 1.92. The standard InChI is InChI=1S/C34H58N4O10/c1-10-25-34(8,45)28(41)22(6)36-16-18(2)15-33(7,44)29(20(4)26(39)21(5)30(42)47-25)48-31-27(40)24(14-19(3)46-31)38(9)32(43)37-23-12-11-13-35-17-23/h11-13,17-22,24-29,31,36,39-41,44-45H,10,14-16H2,1-9H3,(H,37,43)/t18-,19-,20+,21-,22-,24+,25-,26+,27-,28-,29-,31+,33-,34-/m1/s1. The molecular formula is C34H58N4O10. The van der Waals surface area contributed by atoms with Crippen molar-refractivity contribution in [1.82, 2.24) is 15.2 Å². The number of rotatable bonds is 5. The second-order valence-electron chi connectivity index (χ2n) is 14.5. The van der Waals surface area contributed by atoms with Gasteiger partial charge < -0.3 is 55.3 Å². The van der Waals surface area contributed by atoms with Gasteiger partial charge in [-0.05, 0) is 78.5 Å². The first kappa shape index (κ1) is 40.0. The number of urea groups is 1. The molecule has 1 aromatic rings. The molecule has 14 heteroatoms. The highest BCUT2D eigenvalue weighted by Gasteiger charge is 2.49. The van der Waals surface area contributed by atoms with Crippen molar-refractivity contribution < 1.29 is 49.3 Å². The second-order valence-corrected chi connectivity index (χ2v) is 14.5. The first-order valence-electron chi connectivity index (χ1n) is 17.0. The van der Waals surface area contributed by atoms with Gasteiger partial charge in [0.2, 0.25) is 0 Å². The Morgan fingerprint density at radius 2 is 1.81 bits per heavy atom. The summed E-state index contributed by atoms with van der Waals surface area (Å²) in [5.41, 5.74) is -2.93. The third kappa shape index (κ3) is 9.42. The van der Waals surface area contributed by atoms with Crippen LogP contribution in [0, 0.1) is 17.8 Å². The third-order valence-electron chi connectivity index (χ3n) is 10.0. The Morgan fingerprint density at radius 1 is 1.15 bits per heavy atom. The van der Waals surface area contributed by atoms with Crippen LogP contribution in [0.3, 0.4) is 0 Å². The normalized spacial score (nSPS) is 42.2. The van der Waals surface area contributed by atoms with Gasteiger partial charge in [0.1, 0.15) is 23.9 Å². The van der Waals surface area contributed by atoms with Crippen LogP contribution in [0.1, 0.15) is 74.7 Å². The van der Waals surface area contributed by atoms with Gasteiger partial charge in [0.15, 0.2) is 6.29 Å². The van der Waals surface area contributed by atoms with Gasteiger partial charge in [0.05, 0.1) is 47.8 Å². The predicted octanol–water partition coefficient (Wildman–Crippen LogP) is 1.63. The molecule has 0 unspecified atom stereocenters. The molecule has 7 N–H and O–H groups in total. The van der Waals surface area contributed by atoms with Crippen LogP contribution >= 0.6 is 0 Å². The van der Waals surface area contributed by atoms with E-state index in [0.29, 0.717) is 18.7 Å². The first-order valence-corrected chi connectivity index (χ1v) is 17.0. The van der Waals surface area contributed by atoms with Gasteiger partial charge in [-0.1, -0.05) is 20.8 Å². The lowest BCUT2D eigenvalue weighted by Crippen LogP contribution is -2.60. The molecule has 0 bridgehead atoms. The fourth-order valence-corrected chi connectivity index (χ4v) is 7.03. The number of esters is 1. The van der Waals surface area contributed by atoms with E-state index in [4.69, 9.17) is 14.2 Å².